The summed E-state index contributed by atoms with van der Waals surface area (Å²) in [5, 5.41) is 13.6. The first-order chi connectivity index (χ1) is 10.7. The molecule has 0 aromatic heterocycles. The van der Waals surface area contributed by atoms with Crippen molar-refractivity contribution in [1.29, 1.82) is 5.26 Å². The van der Waals surface area contributed by atoms with Crippen molar-refractivity contribution in [3.8, 4) is 6.07 Å². The standard InChI is InChI=1S/C16H20BrN3O3/c1-16(2,3)23-15(22)20-13(14(21)19-9-8-18)10-11-4-6-12(17)7-5-11/h4-7,13H,9-10H2,1-3H3,(H,19,21)(H,20,22). The van der Waals surface area contributed by atoms with E-state index < -0.39 is 23.6 Å². The van der Waals surface area contributed by atoms with Gasteiger partial charge in [-0.05, 0) is 38.5 Å². The first-order valence-corrected chi connectivity index (χ1v) is 7.89. The number of nitrogens with one attached hydrogen (secondary N) is 2. The number of benzene rings is 1. The SMILES string of the molecule is CC(C)(C)OC(=O)NC(Cc1ccc(Br)cc1)C(=O)NCC#N. The third-order valence-corrected chi connectivity index (χ3v) is 3.23. The Morgan fingerprint density at radius 2 is 1.91 bits per heavy atom. The highest BCUT2D eigenvalue weighted by Gasteiger charge is 2.24. The molecule has 0 heterocycles. The molecule has 7 heteroatoms. The predicted molar refractivity (Wildman–Crippen MR) is 89.6 cm³/mol. The number of hydrogen-bond donors (Lipinski definition) is 2. The van der Waals surface area contributed by atoms with Gasteiger partial charge in [0, 0.05) is 10.9 Å². The zero-order chi connectivity index (χ0) is 17.5. The van der Waals surface area contributed by atoms with E-state index in [9.17, 15) is 9.59 Å². The van der Waals surface area contributed by atoms with E-state index in [2.05, 4.69) is 26.6 Å². The van der Waals surface area contributed by atoms with Crippen LogP contribution in [-0.2, 0) is 16.0 Å². The van der Waals surface area contributed by atoms with Gasteiger partial charge in [0.2, 0.25) is 5.91 Å². The van der Waals surface area contributed by atoms with Gasteiger partial charge in [0.15, 0.2) is 0 Å². The molecule has 23 heavy (non-hydrogen) atoms. The van der Waals surface area contributed by atoms with Crippen LogP contribution in [0.5, 0.6) is 0 Å². The van der Waals surface area contributed by atoms with Gasteiger partial charge >= 0.3 is 6.09 Å². The molecular weight excluding hydrogens is 362 g/mol. The number of alkyl carbamates (subject to hydrolysis) is 1. The van der Waals surface area contributed by atoms with Crippen LogP contribution >= 0.6 is 15.9 Å². The second kappa shape index (κ2) is 8.53. The number of carbonyl (C=O) groups excluding carboxylic acids is 2. The van der Waals surface area contributed by atoms with Crippen LogP contribution in [0.1, 0.15) is 26.3 Å². The van der Waals surface area contributed by atoms with Gasteiger partial charge in [-0.3, -0.25) is 4.79 Å². The van der Waals surface area contributed by atoms with E-state index in [4.69, 9.17) is 10.00 Å². The predicted octanol–water partition coefficient (Wildman–Crippen LogP) is 2.52. The second-order valence-corrected chi connectivity index (χ2v) is 6.82. The van der Waals surface area contributed by atoms with Crippen molar-refractivity contribution < 1.29 is 14.3 Å². The van der Waals surface area contributed by atoms with Crippen LogP contribution in [0, 0.1) is 11.3 Å². The third kappa shape index (κ3) is 7.66. The summed E-state index contributed by atoms with van der Waals surface area (Å²) in [6.45, 7) is 5.11. The van der Waals surface area contributed by atoms with Crippen LogP contribution in [0.25, 0.3) is 0 Å². The molecule has 0 spiro atoms. The third-order valence-electron chi connectivity index (χ3n) is 2.70. The molecule has 1 atom stereocenters. The number of halogens is 1. The molecule has 0 aliphatic rings. The van der Waals surface area contributed by atoms with Crippen molar-refractivity contribution in [1.82, 2.24) is 10.6 Å². The first kappa shape index (κ1) is 19.0. The minimum atomic E-state index is -0.820. The minimum Gasteiger partial charge on any atom is -0.444 e. The van der Waals surface area contributed by atoms with Gasteiger partial charge in [-0.2, -0.15) is 5.26 Å². The number of carbonyl (C=O) groups is 2. The topological polar surface area (TPSA) is 91.2 Å². The van der Waals surface area contributed by atoms with E-state index in [1.807, 2.05) is 30.3 Å². The fourth-order valence-electron chi connectivity index (χ4n) is 1.77. The van der Waals surface area contributed by atoms with Crippen LogP contribution in [-0.4, -0.2) is 30.2 Å². The summed E-state index contributed by atoms with van der Waals surface area (Å²) in [6.07, 6.45) is -0.379. The van der Waals surface area contributed by atoms with E-state index in [0.717, 1.165) is 10.0 Å². The quantitative estimate of drug-likeness (QED) is 0.766. The first-order valence-electron chi connectivity index (χ1n) is 7.10. The monoisotopic (exact) mass is 381 g/mol. The van der Waals surface area contributed by atoms with Gasteiger partial charge in [-0.25, -0.2) is 4.79 Å². The van der Waals surface area contributed by atoms with Gasteiger partial charge in [0.25, 0.3) is 0 Å². The lowest BCUT2D eigenvalue weighted by Gasteiger charge is -2.23. The highest BCUT2D eigenvalue weighted by atomic mass is 79.9. The average molecular weight is 382 g/mol. The molecule has 2 N–H and O–H groups in total. The highest BCUT2D eigenvalue weighted by molar-refractivity contribution is 9.10. The van der Waals surface area contributed by atoms with Gasteiger partial charge in [-0.15, -0.1) is 0 Å². The van der Waals surface area contributed by atoms with Crippen molar-refractivity contribution in [3.05, 3.63) is 34.3 Å². The van der Waals surface area contributed by atoms with Gasteiger partial charge < -0.3 is 15.4 Å². The molecule has 0 radical (unpaired) electrons. The summed E-state index contributed by atoms with van der Waals surface area (Å²) in [4.78, 5) is 24.0. The smallest absolute Gasteiger partial charge is 0.408 e. The normalized spacial score (nSPS) is 12.0. The molecule has 1 aromatic rings. The Kier molecular flexibility index (Phi) is 7.04. The number of nitriles is 1. The van der Waals surface area contributed by atoms with Crippen LogP contribution < -0.4 is 10.6 Å². The average Bonchev–Trinajstić information content (AvgIpc) is 2.44. The van der Waals surface area contributed by atoms with Crippen LogP contribution in [0.2, 0.25) is 0 Å². The fraction of sp³-hybridized carbons (Fsp3) is 0.438. The molecule has 0 fully saturated rings. The lowest BCUT2D eigenvalue weighted by molar-refractivity contribution is -0.122. The van der Waals surface area contributed by atoms with E-state index in [1.165, 1.54) is 0 Å². The summed E-state index contributed by atoms with van der Waals surface area (Å²) >= 11 is 3.34. The number of nitrogens with zero attached hydrogens (tertiary/aromatic N) is 1. The van der Waals surface area contributed by atoms with Gasteiger partial charge in [-0.1, -0.05) is 28.1 Å². The van der Waals surface area contributed by atoms with Crippen molar-refractivity contribution >= 4 is 27.9 Å². The highest BCUT2D eigenvalue weighted by Crippen LogP contribution is 2.13. The van der Waals surface area contributed by atoms with Crippen molar-refractivity contribution in [2.24, 2.45) is 0 Å². The van der Waals surface area contributed by atoms with Gasteiger partial charge in [0.05, 0.1) is 6.07 Å². The van der Waals surface area contributed by atoms with E-state index in [-0.39, 0.29) is 6.54 Å². The maximum Gasteiger partial charge on any atom is 0.408 e. The summed E-state index contributed by atoms with van der Waals surface area (Å²) in [5.41, 5.74) is 0.219. The Bertz CT molecular complexity index is 588. The van der Waals surface area contributed by atoms with Crippen LogP contribution in [0.3, 0.4) is 0 Å². The lowest BCUT2D eigenvalue weighted by Crippen LogP contribution is -2.49. The minimum absolute atomic E-state index is 0.119. The number of ether oxygens (including phenoxy) is 1. The summed E-state index contributed by atoms with van der Waals surface area (Å²) < 4.78 is 6.10. The van der Waals surface area contributed by atoms with Gasteiger partial charge in [0.1, 0.15) is 18.2 Å². The van der Waals surface area contributed by atoms with E-state index in [1.54, 1.807) is 20.8 Å². The molecule has 0 aliphatic carbocycles. The maximum atomic E-state index is 12.1. The Balaban J connectivity index is 2.80. The Labute approximate surface area is 144 Å². The molecule has 1 unspecified atom stereocenters. The van der Waals surface area contributed by atoms with E-state index >= 15 is 0 Å². The number of hydrogen-bond acceptors (Lipinski definition) is 4. The molecule has 0 aliphatic heterocycles. The summed E-state index contributed by atoms with van der Waals surface area (Å²) in [6, 6.07) is 8.43. The maximum absolute atomic E-state index is 12.1. The molecule has 0 saturated heterocycles. The van der Waals surface area contributed by atoms with Crippen molar-refractivity contribution in [3.63, 3.8) is 0 Å². The molecule has 6 nitrogen and oxygen atoms in total. The summed E-state index contributed by atoms with van der Waals surface area (Å²) in [5.74, 6) is -0.430. The Morgan fingerprint density at radius 3 is 2.43 bits per heavy atom. The van der Waals surface area contributed by atoms with Crippen LogP contribution in [0.15, 0.2) is 28.7 Å². The number of rotatable bonds is 5. The molecular formula is C16H20BrN3O3. The number of amides is 2. The summed E-state index contributed by atoms with van der Waals surface area (Å²) in [7, 11) is 0. The second-order valence-electron chi connectivity index (χ2n) is 5.91. The molecule has 1 aromatic carbocycles. The van der Waals surface area contributed by atoms with E-state index in [0.29, 0.717) is 6.42 Å². The molecule has 1 rings (SSSR count). The Hall–Kier alpha value is -2.07. The lowest BCUT2D eigenvalue weighted by atomic mass is 10.1. The molecule has 0 saturated carbocycles. The zero-order valence-corrected chi connectivity index (χ0v) is 14.9. The fourth-order valence-corrected chi connectivity index (χ4v) is 2.03. The van der Waals surface area contributed by atoms with Crippen molar-refractivity contribution in [2.45, 2.75) is 38.8 Å². The van der Waals surface area contributed by atoms with Crippen LogP contribution in [0.4, 0.5) is 4.79 Å². The molecule has 0 bridgehead atoms. The Morgan fingerprint density at radius 1 is 1.30 bits per heavy atom. The largest absolute Gasteiger partial charge is 0.444 e. The van der Waals surface area contributed by atoms with Crippen molar-refractivity contribution in [2.75, 3.05) is 6.54 Å². The zero-order valence-electron chi connectivity index (χ0n) is 13.4. The molecule has 2 amide bonds. The molecule has 124 valence electrons.